The molecule has 1 heterocycles. The molecular formula is C15H19N3O2. The Morgan fingerprint density at radius 1 is 1.15 bits per heavy atom. The second-order valence-corrected chi connectivity index (χ2v) is 5.75. The molecule has 1 aliphatic carbocycles. The summed E-state index contributed by atoms with van der Waals surface area (Å²) in [6.07, 6.45) is 3.99. The van der Waals surface area contributed by atoms with Crippen LogP contribution in [-0.2, 0) is 16.0 Å². The summed E-state index contributed by atoms with van der Waals surface area (Å²) in [7, 11) is 0. The van der Waals surface area contributed by atoms with Crippen LogP contribution in [0.25, 0.3) is 0 Å². The van der Waals surface area contributed by atoms with Crippen molar-refractivity contribution < 1.29 is 9.59 Å². The molecule has 0 bridgehead atoms. The minimum atomic E-state index is -0.644. The van der Waals surface area contributed by atoms with Crippen molar-refractivity contribution in [3.05, 3.63) is 29.8 Å². The van der Waals surface area contributed by atoms with Gasteiger partial charge in [-0.2, -0.15) is 0 Å². The first-order valence-electron chi connectivity index (χ1n) is 7.06. The Hall–Kier alpha value is -2.04. The third-order valence-corrected chi connectivity index (χ3v) is 4.30. The van der Waals surface area contributed by atoms with Gasteiger partial charge in [0.2, 0.25) is 11.8 Å². The van der Waals surface area contributed by atoms with E-state index < -0.39 is 11.6 Å². The van der Waals surface area contributed by atoms with Crippen molar-refractivity contribution in [2.24, 2.45) is 0 Å². The molecule has 0 aromatic heterocycles. The lowest BCUT2D eigenvalue weighted by Gasteiger charge is -2.37. The molecule has 3 rings (SSSR count). The number of amides is 2. The number of carbonyl (C=O) groups is 2. The molecule has 4 N–H and O–H groups in total. The lowest BCUT2D eigenvalue weighted by molar-refractivity contribution is -0.141. The summed E-state index contributed by atoms with van der Waals surface area (Å²) in [5.74, 6) is -0.113. The number of carbonyl (C=O) groups excluding carboxylic acids is 2. The number of nitrogens with one attached hydrogen (secondary N) is 2. The lowest BCUT2D eigenvalue weighted by Crippen LogP contribution is -2.68. The zero-order chi connectivity index (χ0) is 14.2. The van der Waals surface area contributed by atoms with Crippen LogP contribution in [0.5, 0.6) is 0 Å². The standard InChI is InChI=1S/C15H19N3O2/c16-11-5-3-10(4-6-11)9-12-13(19)18-15(14(20)17-12)7-1-2-8-15/h3-6,12H,1-2,7-9,16H2,(H,17,20)(H,18,19). The van der Waals surface area contributed by atoms with Gasteiger partial charge in [-0.15, -0.1) is 0 Å². The molecule has 5 heteroatoms. The molecule has 5 nitrogen and oxygen atoms in total. The van der Waals surface area contributed by atoms with Crippen molar-refractivity contribution in [3.8, 4) is 0 Å². The van der Waals surface area contributed by atoms with Gasteiger partial charge in [0.15, 0.2) is 0 Å². The second-order valence-electron chi connectivity index (χ2n) is 5.75. The average Bonchev–Trinajstić information content (AvgIpc) is 2.88. The largest absolute Gasteiger partial charge is 0.399 e. The minimum Gasteiger partial charge on any atom is -0.399 e. The second kappa shape index (κ2) is 4.81. The van der Waals surface area contributed by atoms with E-state index in [2.05, 4.69) is 10.6 Å². The van der Waals surface area contributed by atoms with Crippen molar-refractivity contribution in [1.82, 2.24) is 10.6 Å². The summed E-state index contributed by atoms with van der Waals surface area (Å²) < 4.78 is 0. The molecule has 2 aliphatic rings. The summed E-state index contributed by atoms with van der Waals surface area (Å²) in [4.78, 5) is 24.5. The predicted octanol–water partition coefficient (Wildman–Crippen LogP) is 0.739. The molecule has 2 fully saturated rings. The van der Waals surface area contributed by atoms with E-state index in [1.165, 1.54) is 0 Å². The monoisotopic (exact) mass is 273 g/mol. The fourth-order valence-corrected chi connectivity index (χ4v) is 3.11. The Labute approximate surface area is 117 Å². The smallest absolute Gasteiger partial charge is 0.246 e. The van der Waals surface area contributed by atoms with Crippen molar-refractivity contribution in [3.63, 3.8) is 0 Å². The highest BCUT2D eigenvalue weighted by molar-refractivity contribution is 6.00. The van der Waals surface area contributed by atoms with Crippen LogP contribution in [0, 0.1) is 0 Å². The topological polar surface area (TPSA) is 84.2 Å². The molecule has 20 heavy (non-hydrogen) atoms. The molecule has 106 valence electrons. The molecule has 1 atom stereocenters. The van der Waals surface area contributed by atoms with Crippen LogP contribution in [0.2, 0.25) is 0 Å². The molecule has 0 radical (unpaired) electrons. The fourth-order valence-electron chi connectivity index (χ4n) is 3.11. The van der Waals surface area contributed by atoms with E-state index >= 15 is 0 Å². The Morgan fingerprint density at radius 2 is 1.80 bits per heavy atom. The van der Waals surface area contributed by atoms with Gasteiger partial charge in [-0.25, -0.2) is 0 Å². The van der Waals surface area contributed by atoms with Gasteiger partial charge < -0.3 is 16.4 Å². The lowest BCUT2D eigenvalue weighted by atomic mass is 9.91. The van der Waals surface area contributed by atoms with Crippen LogP contribution in [0.15, 0.2) is 24.3 Å². The van der Waals surface area contributed by atoms with E-state index in [1.54, 1.807) is 12.1 Å². The number of benzene rings is 1. The molecule has 1 saturated heterocycles. The number of nitrogens with two attached hydrogens (primary N) is 1. The first-order chi connectivity index (χ1) is 9.59. The average molecular weight is 273 g/mol. The summed E-state index contributed by atoms with van der Waals surface area (Å²) in [6, 6.07) is 6.88. The highest BCUT2D eigenvalue weighted by Gasteiger charge is 2.47. The number of rotatable bonds is 2. The van der Waals surface area contributed by atoms with Crippen molar-refractivity contribution in [1.29, 1.82) is 0 Å². The Morgan fingerprint density at radius 3 is 2.45 bits per heavy atom. The van der Waals surface area contributed by atoms with Gasteiger partial charge in [-0.05, 0) is 30.5 Å². The normalized spacial score (nSPS) is 24.5. The molecule has 1 aromatic rings. The summed E-state index contributed by atoms with van der Waals surface area (Å²) in [5, 5.41) is 5.83. The van der Waals surface area contributed by atoms with Gasteiger partial charge in [0.05, 0.1) is 0 Å². The van der Waals surface area contributed by atoms with Gasteiger partial charge in [-0.3, -0.25) is 9.59 Å². The zero-order valence-corrected chi connectivity index (χ0v) is 11.3. The Bertz CT molecular complexity index is 533. The fraction of sp³-hybridized carbons (Fsp3) is 0.467. The van der Waals surface area contributed by atoms with E-state index in [4.69, 9.17) is 5.73 Å². The molecular weight excluding hydrogens is 254 g/mol. The minimum absolute atomic E-state index is 0.0324. The van der Waals surface area contributed by atoms with Crippen molar-refractivity contribution >= 4 is 17.5 Å². The van der Waals surface area contributed by atoms with Gasteiger partial charge in [0, 0.05) is 12.1 Å². The van der Waals surface area contributed by atoms with Crippen LogP contribution < -0.4 is 16.4 Å². The third-order valence-electron chi connectivity index (χ3n) is 4.30. The van der Waals surface area contributed by atoms with Crippen molar-refractivity contribution in [2.45, 2.75) is 43.7 Å². The number of hydrogen-bond donors (Lipinski definition) is 3. The van der Waals surface area contributed by atoms with Crippen LogP contribution in [0.3, 0.4) is 0 Å². The van der Waals surface area contributed by atoms with Crippen LogP contribution in [0.1, 0.15) is 31.2 Å². The number of anilines is 1. The van der Waals surface area contributed by atoms with E-state index in [-0.39, 0.29) is 11.8 Å². The quantitative estimate of drug-likeness (QED) is 0.695. The number of nitrogen functional groups attached to an aromatic ring is 1. The molecule has 1 saturated carbocycles. The zero-order valence-electron chi connectivity index (χ0n) is 11.3. The predicted molar refractivity (Wildman–Crippen MR) is 75.8 cm³/mol. The third kappa shape index (κ3) is 2.24. The van der Waals surface area contributed by atoms with E-state index in [1.807, 2.05) is 12.1 Å². The van der Waals surface area contributed by atoms with Gasteiger partial charge in [0.25, 0.3) is 0 Å². The molecule has 2 amide bonds. The molecule has 1 spiro atoms. The Balaban J connectivity index is 1.71. The van der Waals surface area contributed by atoms with E-state index in [0.717, 1.165) is 31.2 Å². The van der Waals surface area contributed by atoms with Gasteiger partial charge in [-0.1, -0.05) is 25.0 Å². The maximum Gasteiger partial charge on any atom is 0.246 e. The van der Waals surface area contributed by atoms with Gasteiger partial charge in [0.1, 0.15) is 11.6 Å². The van der Waals surface area contributed by atoms with Crippen LogP contribution >= 0.6 is 0 Å². The summed E-state index contributed by atoms with van der Waals surface area (Å²) in [6.45, 7) is 0. The van der Waals surface area contributed by atoms with Crippen molar-refractivity contribution in [2.75, 3.05) is 5.73 Å². The Kier molecular flexibility index (Phi) is 3.12. The maximum atomic E-state index is 12.3. The molecule has 1 aromatic carbocycles. The first kappa shape index (κ1) is 13.0. The van der Waals surface area contributed by atoms with E-state index in [9.17, 15) is 9.59 Å². The number of hydrogen-bond acceptors (Lipinski definition) is 3. The molecule has 1 aliphatic heterocycles. The highest BCUT2D eigenvalue weighted by Crippen LogP contribution is 2.31. The van der Waals surface area contributed by atoms with Gasteiger partial charge >= 0.3 is 0 Å². The molecule has 1 unspecified atom stereocenters. The summed E-state index contributed by atoms with van der Waals surface area (Å²) >= 11 is 0. The number of piperazine rings is 1. The summed E-state index contributed by atoms with van der Waals surface area (Å²) in [5.41, 5.74) is 6.67. The van der Waals surface area contributed by atoms with Crippen LogP contribution in [-0.4, -0.2) is 23.4 Å². The first-order valence-corrected chi connectivity index (χ1v) is 7.06. The maximum absolute atomic E-state index is 12.3. The highest BCUT2D eigenvalue weighted by atomic mass is 16.2. The SMILES string of the molecule is Nc1ccc(CC2NC(=O)C3(CCCC3)NC2=O)cc1. The van der Waals surface area contributed by atoms with Crippen LogP contribution in [0.4, 0.5) is 5.69 Å². The van der Waals surface area contributed by atoms with E-state index in [0.29, 0.717) is 12.1 Å².